The molecule has 0 radical (unpaired) electrons. The first-order valence-corrected chi connectivity index (χ1v) is 10.1. The van der Waals surface area contributed by atoms with Gasteiger partial charge in [0.05, 0.1) is 6.61 Å². The minimum atomic E-state index is -0.575. The zero-order valence-corrected chi connectivity index (χ0v) is 18.8. The number of alkyl carbamates (subject to hydrolysis) is 2. The predicted molar refractivity (Wildman–Crippen MR) is 111 cm³/mol. The van der Waals surface area contributed by atoms with Crippen molar-refractivity contribution >= 4 is 18.2 Å². The van der Waals surface area contributed by atoms with Crippen molar-refractivity contribution in [3.8, 4) is 0 Å². The molecule has 0 aromatic heterocycles. The fraction of sp³-hybridized carbons (Fsp3) is 0.762. The highest BCUT2D eigenvalue weighted by Gasteiger charge is 2.42. The van der Waals surface area contributed by atoms with Gasteiger partial charge in [-0.15, -0.1) is 0 Å². The molecule has 0 aromatic carbocycles. The van der Waals surface area contributed by atoms with E-state index in [0.717, 1.165) is 12.8 Å². The molecule has 1 aliphatic carbocycles. The lowest BCUT2D eigenvalue weighted by Crippen LogP contribution is -2.50. The van der Waals surface area contributed by atoms with Gasteiger partial charge in [-0.25, -0.2) is 14.4 Å². The smallest absolute Gasteiger partial charge is 0.407 e. The third-order valence-electron chi connectivity index (χ3n) is 4.84. The number of hydrogen-bond donors (Lipinski definition) is 2. The Labute approximate surface area is 178 Å². The Morgan fingerprint density at radius 2 is 1.57 bits per heavy atom. The average Bonchev–Trinajstić information content (AvgIpc) is 2.62. The van der Waals surface area contributed by atoms with Crippen LogP contribution < -0.4 is 10.6 Å². The lowest BCUT2D eigenvalue weighted by atomic mass is 9.62. The van der Waals surface area contributed by atoms with E-state index < -0.39 is 18.2 Å². The number of rotatable bonds is 10. The van der Waals surface area contributed by atoms with Crippen LogP contribution in [0.2, 0.25) is 0 Å². The van der Waals surface area contributed by atoms with Gasteiger partial charge >= 0.3 is 18.2 Å². The molecule has 0 aliphatic heterocycles. The second-order valence-corrected chi connectivity index (χ2v) is 8.94. The van der Waals surface area contributed by atoms with Gasteiger partial charge in [-0.3, -0.25) is 0 Å². The standard InChI is InChI=1S/C21H36N2O7/c1-15(2)17(24)28-9-10-29-18(25)22-14-21(5)12-16(11-20(3,4)13-21)23-19(26)30-8-7-27-6/h16H,1,7-14H2,2-6H3,(H,22,25)(H,23,26). The van der Waals surface area contributed by atoms with Crippen LogP contribution in [0, 0.1) is 10.8 Å². The summed E-state index contributed by atoms with van der Waals surface area (Å²) < 4.78 is 19.9. The second kappa shape index (κ2) is 11.8. The number of nitrogens with one attached hydrogen (secondary N) is 2. The molecule has 0 heterocycles. The molecule has 0 saturated heterocycles. The van der Waals surface area contributed by atoms with E-state index in [-0.39, 0.29) is 42.3 Å². The zero-order valence-electron chi connectivity index (χ0n) is 18.8. The molecule has 0 spiro atoms. The fourth-order valence-electron chi connectivity index (χ4n) is 4.03. The van der Waals surface area contributed by atoms with Crippen molar-refractivity contribution in [2.45, 2.75) is 53.0 Å². The molecular formula is C21H36N2O7. The van der Waals surface area contributed by atoms with Crippen molar-refractivity contribution in [1.82, 2.24) is 10.6 Å². The van der Waals surface area contributed by atoms with Crippen molar-refractivity contribution in [1.29, 1.82) is 0 Å². The number of esters is 1. The largest absolute Gasteiger partial charge is 0.459 e. The number of ether oxygens (including phenoxy) is 4. The minimum Gasteiger partial charge on any atom is -0.459 e. The van der Waals surface area contributed by atoms with E-state index in [2.05, 4.69) is 38.0 Å². The highest BCUT2D eigenvalue weighted by molar-refractivity contribution is 5.86. The molecule has 1 fully saturated rings. The predicted octanol–water partition coefficient (Wildman–Crippen LogP) is 2.79. The highest BCUT2D eigenvalue weighted by atomic mass is 16.6. The normalized spacial score (nSPS) is 22.5. The van der Waals surface area contributed by atoms with E-state index >= 15 is 0 Å². The summed E-state index contributed by atoms with van der Waals surface area (Å²) in [6.45, 7) is 12.3. The SMILES string of the molecule is C=C(C)C(=O)OCCOC(=O)NCC1(C)CC(NC(=O)OCCOC)CC(C)(C)C1. The van der Waals surface area contributed by atoms with Crippen LogP contribution in [0.1, 0.15) is 47.0 Å². The number of amides is 2. The molecule has 2 amide bonds. The van der Waals surface area contributed by atoms with Crippen molar-refractivity contribution < 1.29 is 33.3 Å². The molecule has 0 aromatic rings. The second-order valence-electron chi connectivity index (χ2n) is 8.94. The Hall–Kier alpha value is -2.29. The molecule has 1 saturated carbocycles. The molecule has 2 atom stereocenters. The van der Waals surface area contributed by atoms with Crippen LogP contribution in [-0.2, 0) is 23.7 Å². The molecule has 172 valence electrons. The van der Waals surface area contributed by atoms with E-state index in [0.29, 0.717) is 19.6 Å². The maximum Gasteiger partial charge on any atom is 0.407 e. The topological polar surface area (TPSA) is 112 Å². The molecule has 0 bridgehead atoms. The summed E-state index contributed by atoms with van der Waals surface area (Å²) in [5.74, 6) is -0.518. The van der Waals surface area contributed by atoms with Crippen molar-refractivity contribution in [2.24, 2.45) is 10.8 Å². The monoisotopic (exact) mass is 428 g/mol. The average molecular weight is 429 g/mol. The Morgan fingerprint density at radius 3 is 2.20 bits per heavy atom. The van der Waals surface area contributed by atoms with Gasteiger partial charge in [-0.1, -0.05) is 27.4 Å². The summed E-state index contributed by atoms with van der Waals surface area (Å²) in [6.07, 6.45) is 1.36. The van der Waals surface area contributed by atoms with Crippen LogP contribution in [0.5, 0.6) is 0 Å². The van der Waals surface area contributed by atoms with Gasteiger partial charge in [0.2, 0.25) is 0 Å². The summed E-state index contributed by atoms with van der Waals surface area (Å²) in [5, 5.41) is 5.70. The van der Waals surface area contributed by atoms with Gasteiger partial charge in [0, 0.05) is 25.3 Å². The molecule has 9 nitrogen and oxygen atoms in total. The molecule has 2 unspecified atom stereocenters. The zero-order chi connectivity index (χ0) is 22.8. The van der Waals surface area contributed by atoms with Gasteiger partial charge in [-0.2, -0.15) is 0 Å². The first kappa shape index (κ1) is 25.7. The number of methoxy groups -OCH3 is 1. The maximum absolute atomic E-state index is 12.0. The Morgan fingerprint density at radius 1 is 0.967 bits per heavy atom. The lowest BCUT2D eigenvalue weighted by molar-refractivity contribution is -0.139. The van der Waals surface area contributed by atoms with Gasteiger partial charge in [0.15, 0.2) is 0 Å². The van der Waals surface area contributed by atoms with Crippen LogP contribution in [0.3, 0.4) is 0 Å². The summed E-state index contributed by atoms with van der Waals surface area (Å²) in [7, 11) is 1.54. The Balaban J connectivity index is 2.46. The molecule has 30 heavy (non-hydrogen) atoms. The first-order chi connectivity index (χ1) is 14.0. The summed E-state index contributed by atoms with van der Waals surface area (Å²) in [6, 6.07) is -0.0619. The molecule has 2 N–H and O–H groups in total. The van der Waals surface area contributed by atoms with E-state index in [9.17, 15) is 14.4 Å². The molecular weight excluding hydrogens is 392 g/mol. The number of carbonyl (C=O) groups is 3. The number of hydrogen-bond acceptors (Lipinski definition) is 7. The lowest BCUT2D eigenvalue weighted by Gasteiger charge is -2.46. The molecule has 1 rings (SSSR count). The van der Waals surface area contributed by atoms with Crippen molar-refractivity contribution in [3.63, 3.8) is 0 Å². The van der Waals surface area contributed by atoms with Gasteiger partial charge < -0.3 is 29.6 Å². The molecule has 9 heteroatoms. The maximum atomic E-state index is 12.0. The molecule has 1 aliphatic rings. The van der Waals surface area contributed by atoms with E-state index in [1.807, 2.05) is 0 Å². The van der Waals surface area contributed by atoms with E-state index in [4.69, 9.17) is 18.9 Å². The van der Waals surface area contributed by atoms with Crippen LogP contribution >= 0.6 is 0 Å². The summed E-state index contributed by atoms with van der Waals surface area (Å²) in [4.78, 5) is 35.3. The Kier molecular flexibility index (Phi) is 10.1. The summed E-state index contributed by atoms with van der Waals surface area (Å²) >= 11 is 0. The van der Waals surface area contributed by atoms with Crippen LogP contribution in [0.4, 0.5) is 9.59 Å². The van der Waals surface area contributed by atoms with Crippen LogP contribution in [0.15, 0.2) is 12.2 Å². The van der Waals surface area contributed by atoms with Crippen LogP contribution in [0.25, 0.3) is 0 Å². The summed E-state index contributed by atoms with van der Waals surface area (Å²) in [5.41, 5.74) is 0.0512. The van der Waals surface area contributed by atoms with E-state index in [1.165, 1.54) is 0 Å². The number of carbonyl (C=O) groups excluding carboxylic acids is 3. The van der Waals surface area contributed by atoms with Gasteiger partial charge in [-0.05, 0) is 37.0 Å². The third kappa shape index (κ3) is 9.96. The third-order valence-corrected chi connectivity index (χ3v) is 4.84. The fourth-order valence-corrected chi connectivity index (χ4v) is 4.03. The van der Waals surface area contributed by atoms with Crippen LogP contribution in [-0.4, -0.2) is 64.3 Å². The van der Waals surface area contributed by atoms with Gasteiger partial charge in [0.25, 0.3) is 0 Å². The van der Waals surface area contributed by atoms with Crippen molar-refractivity contribution in [3.05, 3.63) is 12.2 Å². The minimum absolute atomic E-state index is 0.0141. The quantitative estimate of drug-likeness (QED) is 0.238. The Bertz CT molecular complexity index is 620. The first-order valence-electron chi connectivity index (χ1n) is 10.1. The van der Waals surface area contributed by atoms with E-state index in [1.54, 1.807) is 14.0 Å². The van der Waals surface area contributed by atoms with Gasteiger partial charge in [0.1, 0.15) is 19.8 Å². The highest BCUT2D eigenvalue weighted by Crippen LogP contribution is 2.45. The van der Waals surface area contributed by atoms with Crippen molar-refractivity contribution in [2.75, 3.05) is 40.1 Å².